The van der Waals surface area contributed by atoms with E-state index in [9.17, 15) is 0 Å². The minimum Gasteiger partial charge on any atom is -0.495 e. The van der Waals surface area contributed by atoms with Crippen LogP contribution < -0.4 is 15.0 Å². The maximum absolute atomic E-state index is 5.54. The number of anilines is 1. The Balaban J connectivity index is 1.40. The van der Waals surface area contributed by atoms with E-state index in [1.165, 1.54) is 0 Å². The normalized spacial score (nSPS) is 14.5. The van der Waals surface area contributed by atoms with Crippen LogP contribution in [0.15, 0.2) is 60.0 Å². The number of guanidine groups is 1. The van der Waals surface area contributed by atoms with Gasteiger partial charge >= 0.3 is 0 Å². The van der Waals surface area contributed by atoms with Crippen LogP contribution in [0.2, 0.25) is 0 Å². The van der Waals surface area contributed by atoms with Crippen molar-refractivity contribution >= 4 is 11.6 Å². The van der Waals surface area contributed by atoms with Gasteiger partial charge in [-0.2, -0.15) is 0 Å². The molecule has 0 atom stereocenters. The third kappa shape index (κ3) is 4.85. The van der Waals surface area contributed by atoms with E-state index < -0.39 is 0 Å². The summed E-state index contributed by atoms with van der Waals surface area (Å²) in [5.41, 5.74) is 2.23. The molecule has 8 nitrogen and oxygen atoms in total. The number of methoxy groups -OCH3 is 1. The molecule has 0 amide bonds. The van der Waals surface area contributed by atoms with Crippen molar-refractivity contribution in [3.05, 3.63) is 66.4 Å². The molecule has 0 aliphatic carbocycles. The van der Waals surface area contributed by atoms with Crippen molar-refractivity contribution in [2.75, 3.05) is 44.7 Å². The number of pyridine rings is 1. The van der Waals surface area contributed by atoms with E-state index >= 15 is 0 Å². The van der Waals surface area contributed by atoms with Crippen LogP contribution in [0.4, 0.5) is 5.69 Å². The van der Waals surface area contributed by atoms with E-state index in [0.717, 1.165) is 67.3 Å². The molecular weight excluding hydrogens is 402 g/mol. The summed E-state index contributed by atoms with van der Waals surface area (Å²) in [5.74, 6) is 3.65. The molecule has 0 bridgehead atoms. The highest BCUT2D eigenvalue weighted by atomic mass is 16.5. The van der Waals surface area contributed by atoms with Gasteiger partial charge in [-0.3, -0.25) is 4.57 Å². The largest absolute Gasteiger partial charge is 0.495 e. The second-order valence-corrected chi connectivity index (χ2v) is 7.69. The molecule has 0 unspecified atom stereocenters. The summed E-state index contributed by atoms with van der Waals surface area (Å²) in [6.07, 6.45) is 5.59. The van der Waals surface area contributed by atoms with Crippen LogP contribution in [0, 0.1) is 6.92 Å². The molecule has 0 spiro atoms. The summed E-state index contributed by atoms with van der Waals surface area (Å²) in [4.78, 5) is 18.4. The average Bonchev–Trinajstić information content (AvgIpc) is 3.28. The lowest BCUT2D eigenvalue weighted by molar-refractivity contribution is 0.367. The van der Waals surface area contributed by atoms with Crippen molar-refractivity contribution in [3.8, 4) is 11.6 Å². The monoisotopic (exact) mass is 433 g/mol. The number of nitrogens with zero attached hydrogens (tertiary/aromatic N) is 6. The molecule has 1 saturated heterocycles. The first kappa shape index (κ1) is 21.7. The zero-order chi connectivity index (χ0) is 22.3. The predicted molar refractivity (Wildman–Crippen MR) is 128 cm³/mol. The predicted octanol–water partition coefficient (Wildman–Crippen LogP) is 2.87. The fourth-order valence-electron chi connectivity index (χ4n) is 3.91. The van der Waals surface area contributed by atoms with E-state index in [2.05, 4.69) is 50.2 Å². The summed E-state index contributed by atoms with van der Waals surface area (Å²) in [6.45, 7) is 9.15. The zero-order valence-corrected chi connectivity index (χ0v) is 19.0. The Morgan fingerprint density at radius 1 is 1.09 bits per heavy atom. The molecule has 1 fully saturated rings. The second kappa shape index (κ2) is 10.2. The lowest BCUT2D eigenvalue weighted by atomic mass is 10.2. The summed E-state index contributed by atoms with van der Waals surface area (Å²) >= 11 is 0. The van der Waals surface area contributed by atoms with Crippen molar-refractivity contribution < 1.29 is 4.74 Å². The Labute approximate surface area is 189 Å². The van der Waals surface area contributed by atoms with Crippen molar-refractivity contribution in [2.24, 2.45) is 4.99 Å². The van der Waals surface area contributed by atoms with E-state index in [0.29, 0.717) is 6.54 Å². The molecular formula is C24H31N7O. The van der Waals surface area contributed by atoms with Gasteiger partial charge in [0, 0.05) is 51.3 Å². The number of aryl methyl sites for hydroxylation is 1. The Morgan fingerprint density at radius 2 is 1.91 bits per heavy atom. The summed E-state index contributed by atoms with van der Waals surface area (Å²) in [6, 6.07) is 12.3. The van der Waals surface area contributed by atoms with Gasteiger partial charge in [0.2, 0.25) is 0 Å². The molecule has 1 aliphatic heterocycles. The molecule has 4 rings (SSSR count). The van der Waals surface area contributed by atoms with E-state index in [4.69, 9.17) is 9.73 Å². The fourth-order valence-corrected chi connectivity index (χ4v) is 3.91. The first-order valence-corrected chi connectivity index (χ1v) is 11.1. The first-order chi connectivity index (χ1) is 15.7. The first-order valence-electron chi connectivity index (χ1n) is 11.1. The number of benzene rings is 1. The lowest BCUT2D eigenvalue weighted by Crippen LogP contribution is -2.52. The van der Waals surface area contributed by atoms with Crippen LogP contribution >= 0.6 is 0 Å². The number of aliphatic imine (C=N–C) groups is 1. The number of hydrogen-bond acceptors (Lipinski definition) is 5. The third-order valence-corrected chi connectivity index (χ3v) is 5.63. The third-order valence-electron chi connectivity index (χ3n) is 5.63. The number of imidazole rings is 1. The second-order valence-electron chi connectivity index (χ2n) is 7.69. The van der Waals surface area contributed by atoms with Gasteiger partial charge in [-0.15, -0.1) is 0 Å². The topological polar surface area (TPSA) is 70.8 Å². The Bertz CT molecular complexity index is 1040. The van der Waals surface area contributed by atoms with Gasteiger partial charge in [-0.05, 0) is 37.6 Å². The van der Waals surface area contributed by atoms with Crippen molar-refractivity contribution in [2.45, 2.75) is 20.4 Å². The molecule has 3 heterocycles. The van der Waals surface area contributed by atoms with Crippen LogP contribution in [0.3, 0.4) is 0 Å². The Morgan fingerprint density at radius 3 is 2.56 bits per heavy atom. The fraction of sp³-hybridized carbons (Fsp3) is 0.375. The molecule has 1 aliphatic rings. The van der Waals surface area contributed by atoms with Gasteiger partial charge in [0.15, 0.2) is 5.96 Å². The van der Waals surface area contributed by atoms with Gasteiger partial charge < -0.3 is 19.9 Å². The quantitative estimate of drug-likeness (QED) is 0.476. The van der Waals surface area contributed by atoms with Gasteiger partial charge in [-0.25, -0.2) is 15.0 Å². The maximum Gasteiger partial charge on any atom is 0.194 e. The van der Waals surface area contributed by atoms with Gasteiger partial charge in [0.25, 0.3) is 0 Å². The molecule has 8 heteroatoms. The highest BCUT2D eigenvalue weighted by molar-refractivity contribution is 5.80. The minimum atomic E-state index is 0.589. The van der Waals surface area contributed by atoms with Crippen molar-refractivity contribution in [3.63, 3.8) is 0 Å². The highest BCUT2D eigenvalue weighted by Gasteiger charge is 2.21. The van der Waals surface area contributed by atoms with Crippen LogP contribution in [-0.4, -0.2) is 65.2 Å². The standard InChI is InChI=1S/C24H31N7O/c1-4-25-24(28-18-20-9-10-23(27-17-20)31-12-11-26-19(31)2)30-15-13-29(14-16-30)21-7-5-6-8-22(21)32-3/h5-12,17H,4,13-16,18H2,1-3H3,(H,25,28). The Hall–Kier alpha value is -3.55. The minimum absolute atomic E-state index is 0.589. The number of nitrogens with one attached hydrogen (secondary N) is 1. The smallest absolute Gasteiger partial charge is 0.194 e. The van der Waals surface area contributed by atoms with Crippen LogP contribution in [0.1, 0.15) is 18.3 Å². The van der Waals surface area contributed by atoms with Crippen molar-refractivity contribution in [1.29, 1.82) is 0 Å². The summed E-state index contributed by atoms with van der Waals surface area (Å²) < 4.78 is 7.51. The maximum atomic E-state index is 5.54. The summed E-state index contributed by atoms with van der Waals surface area (Å²) in [5, 5.41) is 3.44. The van der Waals surface area contributed by atoms with Crippen LogP contribution in [-0.2, 0) is 6.54 Å². The SMILES string of the molecule is CCNC(=NCc1ccc(-n2ccnc2C)nc1)N1CCN(c2ccccc2OC)CC1. The molecule has 3 aromatic rings. The van der Waals surface area contributed by atoms with Crippen molar-refractivity contribution in [1.82, 2.24) is 24.8 Å². The zero-order valence-electron chi connectivity index (χ0n) is 19.0. The molecule has 168 valence electrons. The lowest BCUT2D eigenvalue weighted by Gasteiger charge is -2.38. The molecule has 1 aromatic carbocycles. The molecule has 0 radical (unpaired) electrons. The van der Waals surface area contributed by atoms with Crippen LogP contribution in [0.25, 0.3) is 5.82 Å². The molecule has 1 N–H and O–H groups in total. The van der Waals surface area contributed by atoms with Gasteiger partial charge in [0.1, 0.15) is 17.4 Å². The number of hydrogen-bond donors (Lipinski definition) is 1. The van der Waals surface area contributed by atoms with Gasteiger partial charge in [-0.1, -0.05) is 18.2 Å². The number of aromatic nitrogens is 3. The number of rotatable bonds is 6. The molecule has 2 aromatic heterocycles. The molecule has 32 heavy (non-hydrogen) atoms. The van der Waals surface area contributed by atoms with Gasteiger partial charge in [0.05, 0.1) is 19.3 Å². The average molecular weight is 434 g/mol. The van der Waals surface area contributed by atoms with E-state index in [1.54, 1.807) is 13.3 Å². The number of ether oxygens (including phenoxy) is 1. The number of piperazine rings is 1. The Kier molecular flexibility index (Phi) is 6.89. The molecule has 0 saturated carbocycles. The summed E-state index contributed by atoms with van der Waals surface area (Å²) in [7, 11) is 1.73. The highest BCUT2D eigenvalue weighted by Crippen LogP contribution is 2.28. The van der Waals surface area contributed by atoms with Crippen LogP contribution in [0.5, 0.6) is 5.75 Å². The van der Waals surface area contributed by atoms with E-state index in [1.807, 2.05) is 42.1 Å². The number of para-hydroxylation sites is 2. The van der Waals surface area contributed by atoms with E-state index in [-0.39, 0.29) is 0 Å².